The minimum Gasteiger partial charge on any atom is -0.478 e. The fraction of sp³-hybridized carbons (Fsp3) is 0.389. The second-order valence-corrected chi connectivity index (χ2v) is 7.37. The van der Waals surface area contributed by atoms with Crippen LogP contribution in [0.4, 0.5) is 4.79 Å². The number of hydrogen-bond acceptors (Lipinski definition) is 4. The Morgan fingerprint density at radius 1 is 1.24 bits per heavy atom. The molecule has 2 amide bonds. The highest BCUT2D eigenvalue weighted by atomic mass is 32.1. The van der Waals surface area contributed by atoms with E-state index < -0.39 is 5.97 Å². The largest absolute Gasteiger partial charge is 0.478 e. The molecule has 7 heteroatoms. The van der Waals surface area contributed by atoms with Crippen LogP contribution in [0, 0.1) is 0 Å². The molecule has 1 aliphatic carbocycles. The van der Waals surface area contributed by atoms with Gasteiger partial charge in [0.15, 0.2) is 0 Å². The van der Waals surface area contributed by atoms with Crippen LogP contribution in [0.5, 0.6) is 0 Å². The maximum Gasteiger partial charge on any atom is 0.335 e. The number of benzene rings is 1. The summed E-state index contributed by atoms with van der Waals surface area (Å²) in [6.07, 6.45) is 4.59. The molecule has 0 radical (unpaired) electrons. The lowest BCUT2D eigenvalue weighted by Gasteiger charge is -2.16. The molecule has 1 heterocycles. The van der Waals surface area contributed by atoms with Gasteiger partial charge in [-0.3, -0.25) is 0 Å². The number of carboxylic acid groups (broad SMARTS) is 1. The number of amides is 2. The molecule has 3 rings (SSSR count). The fourth-order valence-electron chi connectivity index (χ4n) is 2.83. The number of carboxylic acids is 1. The number of thiazole rings is 1. The Bertz CT molecular complexity index is 747. The van der Waals surface area contributed by atoms with Gasteiger partial charge >= 0.3 is 12.0 Å². The molecule has 25 heavy (non-hydrogen) atoms. The van der Waals surface area contributed by atoms with Gasteiger partial charge in [-0.25, -0.2) is 14.6 Å². The summed E-state index contributed by atoms with van der Waals surface area (Å²) in [6.45, 7) is 0.860. The molecule has 0 fully saturated rings. The zero-order valence-corrected chi connectivity index (χ0v) is 14.9. The van der Waals surface area contributed by atoms with Gasteiger partial charge in [-0.15, -0.1) is 11.3 Å². The lowest BCUT2D eigenvalue weighted by Crippen LogP contribution is -2.36. The van der Waals surface area contributed by atoms with Crippen LogP contribution in [0.3, 0.4) is 0 Å². The Morgan fingerprint density at radius 3 is 2.64 bits per heavy atom. The predicted octanol–water partition coefficient (Wildman–Crippen LogP) is 3.06. The maximum absolute atomic E-state index is 12.2. The van der Waals surface area contributed by atoms with E-state index in [-0.39, 0.29) is 11.6 Å². The minimum atomic E-state index is -0.957. The first-order valence-corrected chi connectivity index (χ1v) is 9.13. The van der Waals surface area contributed by atoms with Crippen LogP contribution < -0.4 is 5.32 Å². The van der Waals surface area contributed by atoms with Crippen LogP contribution in [0.15, 0.2) is 24.3 Å². The second kappa shape index (κ2) is 7.65. The van der Waals surface area contributed by atoms with Crippen molar-refractivity contribution in [1.82, 2.24) is 15.2 Å². The molecule has 0 bridgehead atoms. The molecule has 0 saturated heterocycles. The van der Waals surface area contributed by atoms with E-state index >= 15 is 0 Å². The van der Waals surface area contributed by atoms with Crippen molar-refractivity contribution in [2.45, 2.75) is 38.8 Å². The van der Waals surface area contributed by atoms with Crippen molar-refractivity contribution >= 4 is 23.3 Å². The quantitative estimate of drug-likeness (QED) is 0.859. The Hall–Kier alpha value is -2.41. The van der Waals surface area contributed by atoms with E-state index in [4.69, 9.17) is 5.11 Å². The Morgan fingerprint density at radius 2 is 1.96 bits per heavy atom. The molecule has 1 aromatic heterocycles. The molecule has 1 aliphatic rings. The lowest BCUT2D eigenvalue weighted by molar-refractivity contribution is 0.0697. The zero-order valence-electron chi connectivity index (χ0n) is 14.1. The van der Waals surface area contributed by atoms with E-state index in [9.17, 15) is 9.59 Å². The predicted molar refractivity (Wildman–Crippen MR) is 95.9 cm³/mol. The monoisotopic (exact) mass is 359 g/mol. The Kier molecular flexibility index (Phi) is 5.33. The number of carbonyl (C=O) groups is 2. The number of aromatic carboxylic acids is 1. The normalized spacial score (nSPS) is 13.2. The number of rotatable bonds is 5. The van der Waals surface area contributed by atoms with Crippen molar-refractivity contribution in [3.8, 4) is 0 Å². The Balaban J connectivity index is 1.52. The summed E-state index contributed by atoms with van der Waals surface area (Å²) < 4.78 is 0. The first-order chi connectivity index (χ1) is 12.0. The molecule has 0 aliphatic heterocycles. The number of aryl methyl sites for hydroxylation is 2. The molecule has 6 nitrogen and oxygen atoms in total. The molecule has 0 atom stereocenters. The van der Waals surface area contributed by atoms with E-state index in [2.05, 4.69) is 10.3 Å². The van der Waals surface area contributed by atoms with E-state index in [0.717, 1.165) is 23.4 Å². The lowest BCUT2D eigenvalue weighted by atomic mass is 10.0. The van der Waals surface area contributed by atoms with Gasteiger partial charge in [-0.1, -0.05) is 12.1 Å². The highest BCUT2D eigenvalue weighted by molar-refractivity contribution is 7.11. The second-order valence-electron chi connectivity index (χ2n) is 6.20. The minimum absolute atomic E-state index is 0.171. The van der Waals surface area contributed by atoms with Gasteiger partial charge in [-0.05, 0) is 43.4 Å². The first-order valence-electron chi connectivity index (χ1n) is 8.31. The van der Waals surface area contributed by atoms with Crippen LogP contribution in [-0.4, -0.2) is 34.0 Å². The van der Waals surface area contributed by atoms with E-state index in [1.807, 2.05) is 0 Å². The van der Waals surface area contributed by atoms with Crippen molar-refractivity contribution in [2.24, 2.45) is 0 Å². The molecule has 0 unspecified atom stereocenters. The molecular weight excluding hydrogens is 338 g/mol. The van der Waals surface area contributed by atoms with Crippen molar-refractivity contribution in [2.75, 3.05) is 7.05 Å². The maximum atomic E-state index is 12.2. The average Bonchev–Trinajstić information content (AvgIpc) is 3.02. The molecular formula is C18H21N3O3S. The summed E-state index contributed by atoms with van der Waals surface area (Å²) in [5, 5.41) is 12.7. The van der Waals surface area contributed by atoms with Gasteiger partial charge in [0, 0.05) is 18.5 Å². The molecule has 0 spiro atoms. The van der Waals surface area contributed by atoms with Gasteiger partial charge < -0.3 is 15.3 Å². The number of fused-ring (bicyclic) bond motifs is 1. The summed E-state index contributed by atoms with van der Waals surface area (Å²) in [4.78, 5) is 30.7. The van der Waals surface area contributed by atoms with E-state index in [1.165, 1.54) is 35.5 Å². The molecule has 2 aromatic rings. The first kappa shape index (κ1) is 17.4. The fourth-order valence-corrected chi connectivity index (χ4v) is 4.04. The van der Waals surface area contributed by atoms with Gasteiger partial charge in [0.2, 0.25) is 0 Å². The van der Waals surface area contributed by atoms with Crippen LogP contribution >= 0.6 is 11.3 Å². The van der Waals surface area contributed by atoms with Crippen molar-refractivity contribution in [3.63, 3.8) is 0 Å². The number of carbonyl (C=O) groups excluding carboxylic acids is 1. The molecule has 1 aromatic carbocycles. The number of hydrogen-bond donors (Lipinski definition) is 2. The van der Waals surface area contributed by atoms with Crippen LogP contribution in [0.25, 0.3) is 0 Å². The number of nitrogens with zero attached hydrogens (tertiary/aromatic N) is 2. The van der Waals surface area contributed by atoms with E-state index in [1.54, 1.807) is 35.4 Å². The summed E-state index contributed by atoms with van der Waals surface area (Å²) in [5.41, 5.74) is 2.30. The molecule has 2 N–H and O–H groups in total. The van der Waals surface area contributed by atoms with Crippen molar-refractivity contribution in [1.29, 1.82) is 0 Å². The van der Waals surface area contributed by atoms with Crippen LogP contribution in [0.2, 0.25) is 0 Å². The Labute approximate surface area is 150 Å². The zero-order chi connectivity index (χ0) is 17.8. The summed E-state index contributed by atoms with van der Waals surface area (Å²) in [7, 11) is 1.75. The number of aromatic nitrogens is 1. The molecule has 0 saturated carbocycles. The van der Waals surface area contributed by atoms with E-state index in [0.29, 0.717) is 13.1 Å². The SMILES string of the molecule is CN(Cc1nc2c(s1)CCCC2)C(=O)NCc1ccc(C(=O)O)cc1. The highest BCUT2D eigenvalue weighted by Gasteiger charge is 2.17. The molecule has 132 valence electrons. The smallest absolute Gasteiger partial charge is 0.335 e. The summed E-state index contributed by atoms with van der Waals surface area (Å²) in [5.74, 6) is -0.957. The summed E-state index contributed by atoms with van der Waals surface area (Å²) >= 11 is 1.71. The third-order valence-corrected chi connectivity index (χ3v) is 5.40. The summed E-state index contributed by atoms with van der Waals surface area (Å²) in [6, 6.07) is 6.31. The van der Waals surface area contributed by atoms with Crippen molar-refractivity contribution < 1.29 is 14.7 Å². The van der Waals surface area contributed by atoms with Gasteiger partial charge in [0.1, 0.15) is 5.01 Å². The van der Waals surface area contributed by atoms with Crippen LogP contribution in [-0.2, 0) is 25.9 Å². The average molecular weight is 359 g/mol. The third kappa shape index (κ3) is 4.36. The third-order valence-electron chi connectivity index (χ3n) is 4.25. The standard InChI is InChI=1S/C18H21N3O3S/c1-21(11-16-20-14-4-2-3-5-15(14)25-16)18(24)19-10-12-6-8-13(9-7-12)17(22)23/h6-9H,2-5,10-11H2,1H3,(H,19,24)(H,22,23). The van der Waals surface area contributed by atoms with Gasteiger partial charge in [0.05, 0.1) is 17.8 Å². The number of urea groups is 1. The van der Waals surface area contributed by atoms with Gasteiger partial charge in [-0.2, -0.15) is 0 Å². The van der Waals surface area contributed by atoms with Crippen molar-refractivity contribution in [3.05, 3.63) is 51.0 Å². The van der Waals surface area contributed by atoms with Crippen LogP contribution in [0.1, 0.15) is 44.3 Å². The highest BCUT2D eigenvalue weighted by Crippen LogP contribution is 2.27. The van der Waals surface area contributed by atoms with Gasteiger partial charge in [0.25, 0.3) is 0 Å². The topological polar surface area (TPSA) is 82.5 Å². The number of nitrogens with one attached hydrogen (secondary N) is 1.